The quantitative estimate of drug-likeness (QED) is 0.735. The van der Waals surface area contributed by atoms with Gasteiger partial charge in [-0.05, 0) is 55.6 Å². The molecule has 6 heteroatoms. The number of carboxylic acid groups (broad SMARTS) is 1. The van der Waals surface area contributed by atoms with Crippen molar-refractivity contribution in [3.8, 4) is 0 Å². The number of Topliss-reactive ketones (excluding diaryl/α,β-unsaturated/α-hetero) is 2. The van der Waals surface area contributed by atoms with E-state index in [1.54, 1.807) is 13.8 Å². The lowest BCUT2D eigenvalue weighted by atomic mass is 9.45. The van der Waals surface area contributed by atoms with Crippen molar-refractivity contribution in [2.45, 2.75) is 52.1 Å². The number of allylic oxidation sites excluding steroid dienone is 4. The van der Waals surface area contributed by atoms with E-state index in [2.05, 4.69) is 0 Å². The van der Waals surface area contributed by atoms with Gasteiger partial charge in [0, 0.05) is 23.7 Å². The maximum absolute atomic E-state index is 16.7. The summed E-state index contributed by atoms with van der Waals surface area (Å²) in [5.74, 6) is -4.96. The van der Waals surface area contributed by atoms with E-state index in [4.69, 9.17) is 0 Å². The molecule has 7 atom stereocenters. The van der Waals surface area contributed by atoms with Gasteiger partial charge in [0.2, 0.25) is 5.78 Å². The maximum Gasteiger partial charge on any atom is 0.372 e. The van der Waals surface area contributed by atoms with Gasteiger partial charge in [-0.1, -0.05) is 25.5 Å². The fraction of sp³-hybridized carbons (Fsp3) is 0.636. The second kappa shape index (κ2) is 5.71. The lowest BCUT2D eigenvalue weighted by molar-refractivity contribution is -0.169. The molecule has 0 amide bonds. The Hall–Kier alpha value is -2.11. The summed E-state index contributed by atoms with van der Waals surface area (Å²) in [6, 6.07) is 0. The van der Waals surface area contributed by atoms with Crippen LogP contribution >= 0.6 is 0 Å². The Balaban J connectivity index is 1.81. The molecule has 4 aliphatic carbocycles. The van der Waals surface area contributed by atoms with Gasteiger partial charge in [-0.25, -0.2) is 9.18 Å². The second-order valence-electron chi connectivity index (χ2n) is 9.54. The molecular formula is C22H25FO5. The van der Waals surface area contributed by atoms with E-state index in [-0.39, 0.29) is 24.0 Å². The van der Waals surface area contributed by atoms with Crippen LogP contribution in [0.5, 0.6) is 0 Å². The molecule has 4 rings (SSSR count). The van der Waals surface area contributed by atoms with Crippen molar-refractivity contribution in [2.24, 2.45) is 34.5 Å². The largest absolute Gasteiger partial charge is 0.475 e. The molecule has 0 aromatic carbocycles. The predicted molar refractivity (Wildman–Crippen MR) is 98.0 cm³/mol. The van der Waals surface area contributed by atoms with Crippen molar-refractivity contribution in [3.63, 3.8) is 0 Å². The van der Waals surface area contributed by atoms with E-state index in [9.17, 15) is 24.3 Å². The minimum atomic E-state index is -2.14. The molecule has 0 bridgehead atoms. The van der Waals surface area contributed by atoms with Crippen molar-refractivity contribution in [2.75, 3.05) is 0 Å². The first-order valence-corrected chi connectivity index (χ1v) is 9.90. The molecule has 0 heterocycles. The van der Waals surface area contributed by atoms with Crippen LogP contribution in [0.25, 0.3) is 0 Å². The van der Waals surface area contributed by atoms with Gasteiger partial charge in [0.1, 0.15) is 0 Å². The molecular weight excluding hydrogens is 363 g/mol. The summed E-state index contributed by atoms with van der Waals surface area (Å²) >= 11 is 0. The highest BCUT2D eigenvalue weighted by Crippen LogP contribution is 2.68. The van der Waals surface area contributed by atoms with Crippen LogP contribution in [-0.2, 0) is 19.2 Å². The van der Waals surface area contributed by atoms with Gasteiger partial charge in [-0.3, -0.25) is 14.4 Å². The summed E-state index contributed by atoms with van der Waals surface area (Å²) in [6.07, 6.45) is 5.65. The highest BCUT2D eigenvalue weighted by Gasteiger charge is 2.72. The molecule has 3 saturated carbocycles. The Morgan fingerprint density at radius 1 is 1.21 bits per heavy atom. The Kier molecular flexibility index (Phi) is 3.92. The summed E-state index contributed by atoms with van der Waals surface area (Å²) in [7, 11) is 0. The summed E-state index contributed by atoms with van der Waals surface area (Å²) in [4.78, 5) is 48.9. The monoisotopic (exact) mass is 388 g/mol. The summed E-state index contributed by atoms with van der Waals surface area (Å²) in [5.41, 5.74) is -3.50. The highest BCUT2D eigenvalue weighted by atomic mass is 19.1. The zero-order valence-electron chi connectivity index (χ0n) is 16.3. The van der Waals surface area contributed by atoms with Crippen molar-refractivity contribution in [3.05, 3.63) is 23.8 Å². The molecule has 1 N–H and O–H groups in total. The maximum atomic E-state index is 16.7. The van der Waals surface area contributed by atoms with E-state index in [0.717, 1.165) is 0 Å². The van der Waals surface area contributed by atoms with Gasteiger partial charge in [0.25, 0.3) is 0 Å². The lowest BCUT2D eigenvalue weighted by Crippen LogP contribution is -2.65. The molecule has 0 aliphatic heterocycles. The number of carboxylic acids is 1. The van der Waals surface area contributed by atoms with Crippen LogP contribution in [0.2, 0.25) is 0 Å². The highest BCUT2D eigenvalue weighted by molar-refractivity contribution is 6.34. The molecule has 0 radical (unpaired) electrons. The first-order chi connectivity index (χ1) is 13.0. The van der Waals surface area contributed by atoms with Crippen LogP contribution in [0.15, 0.2) is 23.8 Å². The first kappa shape index (κ1) is 19.2. The number of rotatable bonds is 2. The lowest BCUT2D eigenvalue weighted by Gasteiger charge is -2.58. The Bertz CT molecular complexity index is 872. The third kappa shape index (κ3) is 2.12. The Labute approximate surface area is 163 Å². The van der Waals surface area contributed by atoms with E-state index in [1.165, 1.54) is 18.2 Å². The number of carbonyl (C=O) groups excluding carboxylic acids is 3. The normalized spacial score (nSPS) is 47.1. The number of hydrogen-bond donors (Lipinski definition) is 1. The number of ketones is 3. The van der Waals surface area contributed by atoms with E-state index < -0.39 is 45.9 Å². The van der Waals surface area contributed by atoms with Crippen molar-refractivity contribution in [1.29, 1.82) is 0 Å². The summed E-state index contributed by atoms with van der Waals surface area (Å²) < 4.78 is 16.7. The Morgan fingerprint density at radius 3 is 2.54 bits per heavy atom. The number of halogens is 1. The van der Waals surface area contributed by atoms with Gasteiger partial charge in [-0.2, -0.15) is 0 Å². The van der Waals surface area contributed by atoms with Crippen molar-refractivity contribution < 1.29 is 28.7 Å². The van der Waals surface area contributed by atoms with E-state index in [0.29, 0.717) is 24.8 Å². The number of fused-ring (bicyclic) bond motifs is 5. The first-order valence-electron chi connectivity index (χ1n) is 9.90. The fourth-order valence-electron chi connectivity index (χ4n) is 7.00. The summed E-state index contributed by atoms with van der Waals surface area (Å²) in [5, 5.41) is 9.28. The molecule has 0 aromatic heterocycles. The molecule has 0 saturated heterocycles. The average Bonchev–Trinajstić information content (AvgIpc) is 2.86. The zero-order valence-corrected chi connectivity index (χ0v) is 16.3. The SMILES string of the molecule is CC1C[C@H]2[C@@H]3CCC4=CC(=O)C=C[C@]4(C)[C@@]3(F)C(=O)C[C@]2(C)[C@H]1C(=O)C(=O)O. The van der Waals surface area contributed by atoms with Crippen LogP contribution < -0.4 is 0 Å². The molecule has 5 nitrogen and oxygen atoms in total. The minimum absolute atomic E-state index is 0.149. The van der Waals surface area contributed by atoms with Crippen LogP contribution in [0.3, 0.4) is 0 Å². The molecule has 3 fully saturated rings. The van der Waals surface area contributed by atoms with Crippen LogP contribution in [0.4, 0.5) is 4.39 Å². The summed E-state index contributed by atoms with van der Waals surface area (Å²) in [6.45, 7) is 5.30. The second-order valence-corrected chi connectivity index (χ2v) is 9.54. The molecule has 28 heavy (non-hydrogen) atoms. The average molecular weight is 388 g/mol. The number of alkyl halides is 1. The van der Waals surface area contributed by atoms with Crippen LogP contribution in [0, 0.1) is 34.5 Å². The third-order valence-corrected chi connectivity index (χ3v) is 8.23. The van der Waals surface area contributed by atoms with Gasteiger partial charge in [0.15, 0.2) is 17.2 Å². The standard InChI is InChI=1S/C22H25FO5/c1-11-8-15-14-5-4-12-9-13(24)6-7-21(12,3)22(14,23)16(25)10-20(15,2)17(11)18(26)19(27)28/h6-7,9,11,14-15,17H,4-5,8,10H2,1-3H3,(H,27,28)/t11?,14-,15-,17+,20-,21-,22-/m0/s1. The molecule has 4 aliphatic rings. The van der Waals surface area contributed by atoms with Crippen LogP contribution in [0.1, 0.15) is 46.5 Å². The van der Waals surface area contributed by atoms with Gasteiger partial charge < -0.3 is 5.11 Å². The smallest absolute Gasteiger partial charge is 0.372 e. The topological polar surface area (TPSA) is 88.5 Å². The minimum Gasteiger partial charge on any atom is -0.475 e. The van der Waals surface area contributed by atoms with Crippen molar-refractivity contribution >= 4 is 23.3 Å². The number of hydrogen-bond acceptors (Lipinski definition) is 4. The number of carbonyl (C=O) groups is 4. The van der Waals surface area contributed by atoms with Gasteiger partial charge in [0.05, 0.1) is 0 Å². The Morgan fingerprint density at radius 2 is 1.89 bits per heavy atom. The third-order valence-electron chi connectivity index (χ3n) is 8.23. The fourth-order valence-corrected chi connectivity index (χ4v) is 7.00. The molecule has 0 aromatic rings. The zero-order chi connectivity index (χ0) is 20.6. The van der Waals surface area contributed by atoms with E-state index >= 15 is 4.39 Å². The molecule has 0 spiro atoms. The molecule has 1 unspecified atom stereocenters. The van der Waals surface area contributed by atoms with Crippen LogP contribution in [-0.4, -0.2) is 34.1 Å². The van der Waals surface area contributed by atoms with Gasteiger partial charge in [-0.15, -0.1) is 0 Å². The van der Waals surface area contributed by atoms with E-state index in [1.807, 2.05) is 6.92 Å². The number of aliphatic carboxylic acids is 1. The van der Waals surface area contributed by atoms with Gasteiger partial charge >= 0.3 is 5.97 Å². The molecule has 150 valence electrons. The van der Waals surface area contributed by atoms with Crippen molar-refractivity contribution in [1.82, 2.24) is 0 Å². The predicted octanol–water partition coefficient (Wildman–Crippen LogP) is 3.08.